The Labute approximate surface area is 71.2 Å². The number of pyridine rings is 1. The summed E-state index contributed by atoms with van der Waals surface area (Å²) in [5.74, 6) is -0.320. The molecule has 0 fully saturated rings. The van der Waals surface area contributed by atoms with Gasteiger partial charge in [0.1, 0.15) is 11.0 Å². The van der Waals surface area contributed by atoms with E-state index in [0.717, 1.165) is 6.20 Å². The summed E-state index contributed by atoms with van der Waals surface area (Å²) in [5.41, 5.74) is 0.523. The van der Waals surface area contributed by atoms with Crippen molar-refractivity contribution < 1.29 is 4.39 Å². The van der Waals surface area contributed by atoms with Gasteiger partial charge in [-0.3, -0.25) is 0 Å². The Kier molecular flexibility index (Phi) is 4.79. The van der Waals surface area contributed by atoms with Gasteiger partial charge in [0.2, 0.25) is 0 Å². The van der Waals surface area contributed by atoms with Crippen LogP contribution < -0.4 is 0 Å². The highest BCUT2D eigenvalue weighted by Gasteiger charge is 1.95. The summed E-state index contributed by atoms with van der Waals surface area (Å²) >= 11 is 5.44. The highest BCUT2D eigenvalue weighted by molar-refractivity contribution is 6.29. The summed E-state index contributed by atoms with van der Waals surface area (Å²) < 4.78 is 12.4. The van der Waals surface area contributed by atoms with E-state index in [9.17, 15) is 4.39 Å². The fourth-order valence-electron chi connectivity index (χ4n) is 0.505. The SMILES string of the molecule is CC.Cc1cc(Cl)ncc1F. The van der Waals surface area contributed by atoms with Crippen molar-refractivity contribution in [3.05, 3.63) is 28.8 Å². The molecular formula is C8H11ClFN. The lowest BCUT2D eigenvalue weighted by Gasteiger charge is -1.92. The van der Waals surface area contributed by atoms with Gasteiger partial charge in [-0.15, -0.1) is 0 Å². The third kappa shape index (κ3) is 3.33. The van der Waals surface area contributed by atoms with E-state index < -0.39 is 0 Å². The molecular weight excluding hydrogens is 165 g/mol. The number of hydrogen-bond acceptors (Lipinski definition) is 1. The van der Waals surface area contributed by atoms with Crippen LogP contribution >= 0.6 is 11.6 Å². The van der Waals surface area contributed by atoms with Crippen LogP contribution in [-0.4, -0.2) is 4.98 Å². The Bertz CT molecular complexity index is 225. The van der Waals surface area contributed by atoms with Crippen molar-refractivity contribution in [2.75, 3.05) is 0 Å². The molecule has 0 bridgehead atoms. The third-order valence-electron chi connectivity index (χ3n) is 1.01. The minimum Gasteiger partial charge on any atom is -0.242 e. The van der Waals surface area contributed by atoms with E-state index in [0.29, 0.717) is 10.7 Å². The Morgan fingerprint density at radius 1 is 1.45 bits per heavy atom. The zero-order valence-electron chi connectivity index (χ0n) is 6.86. The van der Waals surface area contributed by atoms with Crippen LogP contribution in [0.3, 0.4) is 0 Å². The van der Waals surface area contributed by atoms with Crippen LogP contribution in [-0.2, 0) is 0 Å². The van der Waals surface area contributed by atoms with E-state index in [-0.39, 0.29) is 5.82 Å². The van der Waals surface area contributed by atoms with E-state index in [2.05, 4.69) is 4.98 Å². The number of aromatic nitrogens is 1. The number of hydrogen-bond donors (Lipinski definition) is 0. The third-order valence-corrected chi connectivity index (χ3v) is 1.22. The molecule has 0 spiro atoms. The quantitative estimate of drug-likeness (QED) is 0.552. The highest BCUT2D eigenvalue weighted by Crippen LogP contribution is 2.09. The van der Waals surface area contributed by atoms with Gasteiger partial charge in [-0.25, -0.2) is 9.37 Å². The summed E-state index contributed by atoms with van der Waals surface area (Å²) in [4.78, 5) is 3.53. The molecule has 0 aliphatic rings. The van der Waals surface area contributed by atoms with Gasteiger partial charge in [-0.1, -0.05) is 25.4 Å². The summed E-state index contributed by atoms with van der Waals surface area (Å²) in [6, 6.07) is 1.48. The predicted molar refractivity (Wildman–Crippen MR) is 45.3 cm³/mol. The van der Waals surface area contributed by atoms with Crippen LogP contribution in [0.2, 0.25) is 5.15 Å². The summed E-state index contributed by atoms with van der Waals surface area (Å²) in [5, 5.41) is 0.328. The van der Waals surface area contributed by atoms with Crippen LogP contribution in [0.15, 0.2) is 12.3 Å². The first-order valence-corrected chi connectivity index (χ1v) is 3.85. The fraction of sp³-hybridized carbons (Fsp3) is 0.375. The minimum atomic E-state index is -0.320. The first-order valence-electron chi connectivity index (χ1n) is 3.48. The molecule has 1 aromatic heterocycles. The Morgan fingerprint density at radius 2 is 2.00 bits per heavy atom. The topological polar surface area (TPSA) is 12.9 Å². The van der Waals surface area contributed by atoms with Crippen molar-refractivity contribution in [3.8, 4) is 0 Å². The van der Waals surface area contributed by atoms with E-state index in [1.165, 1.54) is 6.07 Å². The van der Waals surface area contributed by atoms with E-state index in [4.69, 9.17) is 11.6 Å². The van der Waals surface area contributed by atoms with Crippen molar-refractivity contribution in [1.29, 1.82) is 0 Å². The van der Waals surface area contributed by atoms with E-state index >= 15 is 0 Å². The predicted octanol–water partition coefficient (Wildman–Crippen LogP) is 3.21. The number of rotatable bonds is 0. The zero-order chi connectivity index (χ0) is 8.85. The van der Waals surface area contributed by atoms with Crippen molar-refractivity contribution >= 4 is 11.6 Å². The lowest BCUT2D eigenvalue weighted by Crippen LogP contribution is -1.83. The van der Waals surface area contributed by atoms with Crippen LogP contribution in [0.1, 0.15) is 19.4 Å². The summed E-state index contributed by atoms with van der Waals surface area (Å²) in [7, 11) is 0. The van der Waals surface area contributed by atoms with Gasteiger partial charge in [-0.2, -0.15) is 0 Å². The van der Waals surface area contributed by atoms with Crippen LogP contribution in [0, 0.1) is 12.7 Å². The molecule has 0 amide bonds. The van der Waals surface area contributed by atoms with Gasteiger partial charge < -0.3 is 0 Å². The maximum absolute atomic E-state index is 12.4. The summed E-state index contributed by atoms with van der Waals surface area (Å²) in [6.45, 7) is 5.64. The Balaban J connectivity index is 0.000000461. The maximum atomic E-state index is 12.4. The first kappa shape index (κ1) is 10.4. The standard InChI is InChI=1S/C6H5ClFN.C2H6/c1-4-2-6(7)9-3-5(4)8;1-2/h2-3H,1H3;1-2H3. The molecule has 0 aromatic carbocycles. The van der Waals surface area contributed by atoms with E-state index in [1.807, 2.05) is 13.8 Å². The first-order chi connectivity index (χ1) is 5.20. The molecule has 0 atom stereocenters. The van der Waals surface area contributed by atoms with Crippen molar-refractivity contribution in [3.63, 3.8) is 0 Å². The molecule has 0 aliphatic heterocycles. The lowest BCUT2D eigenvalue weighted by atomic mass is 10.3. The molecule has 0 saturated heterocycles. The van der Waals surface area contributed by atoms with Crippen molar-refractivity contribution in [1.82, 2.24) is 4.98 Å². The molecule has 0 N–H and O–H groups in total. The normalized spacial score (nSPS) is 8.45. The lowest BCUT2D eigenvalue weighted by molar-refractivity contribution is 0.612. The second-order valence-corrected chi connectivity index (χ2v) is 2.14. The number of aryl methyl sites for hydroxylation is 1. The van der Waals surface area contributed by atoms with Gasteiger partial charge >= 0.3 is 0 Å². The molecule has 11 heavy (non-hydrogen) atoms. The summed E-state index contributed by atoms with van der Waals surface area (Å²) in [6.07, 6.45) is 1.11. The molecule has 0 aliphatic carbocycles. The van der Waals surface area contributed by atoms with Crippen molar-refractivity contribution in [2.45, 2.75) is 20.8 Å². The maximum Gasteiger partial charge on any atom is 0.144 e. The van der Waals surface area contributed by atoms with Gasteiger partial charge in [-0.05, 0) is 18.6 Å². The molecule has 62 valence electrons. The van der Waals surface area contributed by atoms with Crippen LogP contribution in [0.25, 0.3) is 0 Å². The molecule has 1 heterocycles. The number of nitrogens with zero attached hydrogens (tertiary/aromatic N) is 1. The monoisotopic (exact) mass is 175 g/mol. The minimum absolute atomic E-state index is 0.320. The molecule has 1 nitrogen and oxygen atoms in total. The fourth-order valence-corrected chi connectivity index (χ4v) is 0.717. The van der Waals surface area contributed by atoms with Crippen LogP contribution in [0.4, 0.5) is 4.39 Å². The van der Waals surface area contributed by atoms with Gasteiger partial charge in [0.05, 0.1) is 6.20 Å². The molecule has 1 aromatic rings. The highest BCUT2D eigenvalue weighted by atomic mass is 35.5. The van der Waals surface area contributed by atoms with Gasteiger partial charge in [0.25, 0.3) is 0 Å². The second kappa shape index (κ2) is 5.08. The second-order valence-electron chi connectivity index (χ2n) is 1.76. The molecule has 3 heteroatoms. The number of halogens is 2. The Morgan fingerprint density at radius 3 is 2.36 bits per heavy atom. The molecule has 0 saturated carbocycles. The van der Waals surface area contributed by atoms with Gasteiger partial charge in [0.15, 0.2) is 0 Å². The average Bonchev–Trinajstić information content (AvgIpc) is 2.02. The van der Waals surface area contributed by atoms with Crippen LogP contribution in [0.5, 0.6) is 0 Å². The van der Waals surface area contributed by atoms with Crippen molar-refractivity contribution in [2.24, 2.45) is 0 Å². The molecule has 0 radical (unpaired) electrons. The zero-order valence-corrected chi connectivity index (χ0v) is 7.61. The average molecular weight is 176 g/mol. The van der Waals surface area contributed by atoms with E-state index in [1.54, 1.807) is 6.92 Å². The Hall–Kier alpha value is -0.630. The largest absolute Gasteiger partial charge is 0.242 e. The molecule has 0 unspecified atom stereocenters. The molecule has 1 rings (SSSR count). The van der Waals surface area contributed by atoms with Gasteiger partial charge in [0, 0.05) is 0 Å². The smallest absolute Gasteiger partial charge is 0.144 e.